The maximum absolute atomic E-state index is 4.29. The first kappa shape index (κ1) is 10.2. The molecule has 2 rings (SSSR count). The molecule has 3 nitrogen and oxygen atoms in total. The van der Waals surface area contributed by atoms with Crippen molar-refractivity contribution in [2.75, 3.05) is 6.54 Å². The van der Waals surface area contributed by atoms with E-state index in [2.05, 4.69) is 23.4 Å². The minimum absolute atomic E-state index is 0.910. The van der Waals surface area contributed by atoms with Crippen molar-refractivity contribution in [1.29, 1.82) is 0 Å². The second-order valence-electron chi connectivity index (χ2n) is 3.73. The molecule has 1 N–H and O–H groups in total. The molecule has 0 spiro atoms. The van der Waals surface area contributed by atoms with Gasteiger partial charge in [-0.1, -0.05) is 19.4 Å². The lowest BCUT2D eigenvalue weighted by Gasteiger charge is -2.01. The molecular weight excluding hydrogens is 186 g/mol. The van der Waals surface area contributed by atoms with Crippen molar-refractivity contribution >= 4 is 5.52 Å². The second kappa shape index (κ2) is 4.94. The van der Waals surface area contributed by atoms with Gasteiger partial charge >= 0.3 is 0 Å². The molecular formula is C12H17N3. The molecule has 80 valence electrons. The lowest BCUT2D eigenvalue weighted by Crippen LogP contribution is -2.14. The van der Waals surface area contributed by atoms with Crippen LogP contribution in [0.1, 0.15) is 25.3 Å². The second-order valence-corrected chi connectivity index (χ2v) is 3.73. The highest BCUT2D eigenvalue weighted by molar-refractivity contribution is 5.53. The summed E-state index contributed by atoms with van der Waals surface area (Å²) in [5.74, 6) is 0. The highest BCUT2D eigenvalue weighted by Crippen LogP contribution is 2.09. The molecule has 0 unspecified atom stereocenters. The number of aromatic nitrogens is 2. The third-order valence-electron chi connectivity index (χ3n) is 2.53. The number of pyridine rings is 1. The minimum atomic E-state index is 0.910. The van der Waals surface area contributed by atoms with Crippen LogP contribution in [0.3, 0.4) is 0 Å². The predicted molar refractivity (Wildman–Crippen MR) is 61.8 cm³/mol. The van der Waals surface area contributed by atoms with E-state index in [-0.39, 0.29) is 0 Å². The quantitative estimate of drug-likeness (QED) is 0.755. The van der Waals surface area contributed by atoms with Crippen LogP contribution in [0, 0.1) is 0 Å². The molecule has 0 aliphatic rings. The lowest BCUT2D eigenvalue weighted by molar-refractivity contribution is 0.643. The largest absolute Gasteiger partial charge is 0.313 e. The van der Waals surface area contributed by atoms with E-state index in [0.717, 1.165) is 13.1 Å². The average molecular weight is 203 g/mol. The molecule has 2 heterocycles. The van der Waals surface area contributed by atoms with Crippen molar-refractivity contribution in [2.45, 2.75) is 26.3 Å². The van der Waals surface area contributed by atoms with Gasteiger partial charge in [0.05, 0.1) is 11.7 Å². The van der Waals surface area contributed by atoms with E-state index in [1.54, 1.807) is 0 Å². The van der Waals surface area contributed by atoms with Crippen LogP contribution in [0.4, 0.5) is 0 Å². The van der Waals surface area contributed by atoms with Crippen molar-refractivity contribution in [3.8, 4) is 0 Å². The molecule has 0 atom stereocenters. The van der Waals surface area contributed by atoms with Gasteiger partial charge in [0.2, 0.25) is 0 Å². The molecule has 15 heavy (non-hydrogen) atoms. The zero-order chi connectivity index (χ0) is 10.5. The van der Waals surface area contributed by atoms with Gasteiger partial charge in [0, 0.05) is 18.3 Å². The number of rotatable bonds is 5. The highest BCUT2D eigenvalue weighted by atomic mass is 15.2. The summed E-state index contributed by atoms with van der Waals surface area (Å²) in [6.45, 7) is 4.20. The van der Waals surface area contributed by atoms with Crippen molar-refractivity contribution in [3.63, 3.8) is 0 Å². The first-order chi connectivity index (χ1) is 7.42. The van der Waals surface area contributed by atoms with Crippen molar-refractivity contribution in [2.24, 2.45) is 0 Å². The van der Waals surface area contributed by atoms with Crippen molar-refractivity contribution in [1.82, 2.24) is 14.9 Å². The van der Waals surface area contributed by atoms with Crippen LogP contribution in [0.5, 0.6) is 0 Å². The van der Waals surface area contributed by atoms with E-state index >= 15 is 0 Å². The molecule has 3 heteroatoms. The maximum atomic E-state index is 4.29. The van der Waals surface area contributed by atoms with Crippen LogP contribution in [-0.2, 0) is 6.54 Å². The Balaban J connectivity index is 2.02. The smallest absolute Gasteiger partial charge is 0.0706 e. The van der Waals surface area contributed by atoms with Crippen molar-refractivity contribution < 1.29 is 0 Å². The Morgan fingerprint density at radius 1 is 1.40 bits per heavy atom. The van der Waals surface area contributed by atoms with Crippen LogP contribution >= 0.6 is 0 Å². The van der Waals surface area contributed by atoms with Gasteiger partial charge in [0.15, 0.2) is 0 Å². The van der Waals surface area contributed by atoms with Gasteiger partial charge < -0.3 is 5.32 Å². The van der Waals surface area contributed by atoms with Crippen LogP contribution in [0.15, 0.2) is 30.6 Å². The van der Waals surface area contributed by atoms with E-state index in [4.69, 9.17) is 0 Å². The fourth-order valence-corrected chi connectivity index (χ4v) is 1.65. The summed E-state index contributed by atoms with van der Waals surface area (Å²) in [5, 5.41) is 7.72. The number of unbranched alkanes of at least 4 members (excludes halogenated alkanes) is 1. The normalized spacial score (nSPS) is 11.0. The van der Waals surface area contributed by atoms with Gasteiger partial charge in [-0.05, 0) is 25.1 Å². The Morgan fingerprint density at radius 3 is 3.20 bits per heavy atom. The van der Waals surface area contributed by atoms with Crippen LogP contribution in [0.25, 0.3) is 5.52 Å². The van der Waals surface area contributed by atoms with Gasteiger partial charge in [-0.25, -0.2) is 4.52 Å². The number of hydrogen-bond acceptors (Lipinski definition) is 2. The highest BCUT2D eigenvalue weighted by Gasteiger charge is 2.01. The standard InChI is InChI=1S/C12H17N3/c1-2-3-7-13-9-11-10-14-15-8-5-4-6-12(11)15/h4-6,8,10,13H,2-3,7,9H2,1H3. The Bertz CT molecular complexity index is 419. The monoisotopic (exact) mass is 203 g/mol. The predicted octanol–water partition coefficient (Wildman–Crippen LogP) is 2.22. The van der Waals surface area contributed by atoms with Gasteiger partial charge in [-0.3, -0.25) is 0 Å². The molecule has 0 radical (unpaired) electrons. The summed E-state index contributed by atoms with van der Waals surface area (Å²) in [5.41, 5.74) is 2.47. The van der Waals surface area contributed by atoms with E-state index in [1.807, 2.05) is 29.0 Å². The summed E-state index contributed by atoms with van der Waals surface area (Å²) in [6.07, 6.45) is 6.39. The van der Waals surface area contributed by atoms with Gasteiger partial charge in [0.25, 0.3) is 0 Å². The van der Waals surface area contributed by atoms with E-state index in [0.29, 0.717) is 0 Å². The van der Waals surface area contributed by atoms with Crippen molar-refractivity contribution in [3.05, 3.63) is 36.2 Å². The topological polar surface area (TPSA) is 29.3 Å². The van der Waals surface area contributed by atoms with Gasteiger partial charge in [0.1, 0.15) is 0 Å². The summed E-state index contributed by atoms with van der Waals surface area (Å²) >= 11 is 0. The van der Waals surface area contributed by atoms with Crippen LogP contribution in [-0.4, -0.2) is 16.2 Å². The number of hydrogen-bond donors (Lipinski definition) is 1. The number of fused-ring (bicyclic) bond motifs is 1. The molecule has 0 aromatic carbocycles. The Kier molecular flexibility index (Phi) is 3.35. The molecule has 2 aromatic rings. The maximum Gasteiger partial charge on any atom is 0.0706 e. The third kappa shape index (κ3) is 2.36. The summed E-state index contributed by atoms with van der Waals surface area (Å²) in [7, 11) is 0. The average Bonchev–Trinajstić information content (AvgIpc) is 2.68. The fraction of sp³-hybridized carbons (Fsp3) is 0.417. The molecule has 0 saturated heterocycles. The summed E-state index contributed by atoms with van der Waals surface area (Å²) in [6, 6.07) is 6.14. The third-order valence-corrected chi connectivity index (χ3v) is 2.53. The molecule has 0 fully saturated rings. The SMILES string of the molecule is CCCCNCc1cnn2ccccc12. The fourth-order valence-electron chi connectivity index (χ4n) is 1.65. The van der Waals surface area contributed by atoms with E-state index < -0.39 is 0 Å². The first-order valence-corrected chi connectivity index (χ1v) is 5.54. The first-order valence-electron chi connectivity index (χ1n) is 5.54. The molecule has 0 saturated carbocycles. The molecule has 0 amide bonds. The van der Waals surface area contributed by atoms with Gasteiger partial charge in [-0.15, -0.1) is 0 Å². The van der Waals surface area contributed by atoms with Crippen LogP contribution < -0.4 is 5.32 Å². The number of nitrogens with one attached hydrogen (secondary N) is 1. The Hall–Kier alpha value is -1.35. The summed E-state index contributed by atoms with van der Waals surface area (Å²) in [4.78, 5) is 0. The molecule has 2 aromatic heterocycles. The molecule has 0 aliphatic carbocycles. The molecule has 0 bridgehead atoms. The summed E-state index contributed by atoms with van der Waals surface area (Å²) < 4.78 is 1.91. The zero-order valence-corrected chi connectivity index (χ0v) is 9.11. The minimum Gasteiger partial charge on any atom is -0.313 e. The Labute approximate surface area is 90.1 Å². The Morgan fingerprint density at radius 2 is 2.33 bits per heavy atom. The lowest BCUT2D eigenvalue weighted by atomic mass is 10.2. The van der Waals surface area contributed by atoms with E-state index in [1.165, 1.54) is 23.9 Å². The molecule has 0 aliphatic heterocycles. The van der Waals surface area contributed by atoms with Gasteiger partial charge in [-0.2, -0.15) is 5.10 Å². The van der Waals surface area contributed by atoms with E-state index in [9.17, 15) is 0 Å². The van der Waals surface area contributed by atoms with Crippen LogP contribution in [0.2, 0.25) is 0 Å². The zero-order valence-electron chi connectivity index (χ0n) is 9.11. The number of nitrogens with zero attached hydrogens (tertiary/aromatic N) is 2.